The maximum Gasteiger partial charge on any atom is 0.326 e. The molecule has 4 atom stereocenters. The Labute approximate surface area is 126 Å². The number of nitrogens with zero attached hydrogens (tertiary/aromatic N) is 1. The molecule has 1 aliphatic carbocycles. The minimum atomic E-state index is -0.823. The van der Waals surface area contributed by atoms with Crippen molar-refractivity contribution in [3.05, 3.63) is 0 Å². The number of aliphatic carboxylic acids is 1. The molecule has 0 radical (unpaired) electrons. The van der Waals surface area contributed by atoms with Gasteiger partial charge in [-0.1, -0.05) is 12.8 Å². The second kappa shape index (κ2) is 6.34. The van der Waals surface area contributed by atoms with E-state index in [1.807, 2.05) is 0 Å². The lowest BCUT2D eigenvalue weighted by Crippen LogP contribution is -2.59. The van der Waals surface area contributed by atoms with E-state index < -0.39 is 12.0 Å². The van der Waals surface area contributed by atoms with Crippen molar-refractivity contribution in [3.63, 3.8) is 0 Å². The third kappa shape index (κ3) is 2.93. The number of hydrogen-bond donors (Lipinski definition) is 2. The zero-order valence-corrected chi connectivity index (χ0v) is 12.6. The van der Waals surface area contributed by atoms with Crippen LogP contribution in [0, 0.1) is 11.8 Å². The molecule has 2 heterocycles. The van der Waals surface area contributed by atoms with E-state index in [9.17, 15) is 14.7 Å². The molecule has 0 aromatic rings. The molecule has 1 saturated carbocycles. The van der Waals surface area contributed by atoms with Gasteiger partial charge in [0.05, 0.1) is 5.92 Å². The van der Waals surface area contributed by atoms with Crippen molar-refractivity contribution in [2.24, 2.45) is 11.8 Å². The quantitative estimate of drug-likeness (QED) is 0.812. The summed E-state index contributed by atoms with van der Waals surface area (Å²) in [4.78, 5) is 26.3. The van der Waals surface area contributed by atoms with Crippen LogP contribution in [0.1, 0.15) is 51.4 Å². The van der Waals surface area contributed by atoms with Crippen LogP contribution in [0.5, 0.6) is 0 Å². The fourth-order valence-electron chi connectivity index (χ4n) is 4.47. The molecular weight excluding hydrogens is 268 g/mol. The predicted molar refractivity (Wildman–Crippen MR) is 78.8 cm³/mol. The molecule has 1 amide bonds. The summed E-state index contributed by atoms with van der Waals surface area (Å²) in [5.74, 6) is -0.238. The molecule has 0 aromatic heterocycles. The minimum Gasteiger partial charge on any atom is -0.480 e. The molecule has 21 heavy (non-hydrogen) atoms. The lowest BCUT2D eigenvalue weighted by molar-refractivity contribution is -0.160. The van der Waals surface area contributed by atoms with Crippen LogP contribution in [0.2, 0.25) is 0 Å². The molecule has 3 fully saturated rings. The average molecular weight is 294 g/mol. The zero-order valence-electron chi connectivity index (χ0n) is 12.6. The molecular formula is C16H26N2O3. The van der Waals surface area contributed by atoms with Gasteiger partial charge in [-0.15, -0.1) is 0 Å². The number of carboxylic acids is 1. The molecule has 2 aliphatic heterocycles. The number of amides is 1. The maximum absolute atomic E-state index is 12.9. The van der Waals surface area contributed by atoms with E-state index in [1.165, 1.54) is 6.42 Å². The molecule has 5 heteroatoms. The molecule has 2 saturated heterocycles. The number of piperidine rings is 2. The van der Waals surface area contributed by atoms with Crippen molar-refractivity contribution >= 4 is 11.9 Å². The first-order valence-electron chi connectivity index (χ1n) is 8.44. The van der Waals surface area contributed by atoms with Crippen LogP contribution >= 0.6 is 0 Å². The van der Waals surface area contributed by atoms with Crippen LogP contribution in [-0.4, -0.2) is 47.1 Å². The van der Waals surface area contributed by atoms with Gasteiger partial charge in [-0.3, -0.25) is 4.79 Å². The predicted octanol–water partition coefficient (Wildman–Crippen LogP) is 1.62. The number of hydrogen-bond acceptors (Lipinski definition) is 3. The molecule has 3 unspecified atom stereocenters. The third-order valence-electron chi connectivity index (χ3n) is 5.56. The van der Waals surface area contributed by atoms with Gasteiger partial charge in [0.1, 0.15) is 6.04 Å². The molecule has 3 aliphatic rings. The van der Waals surface area contributed by atoms with E-state index in [1.54, 1.807) is 4.90 Å². The Morgan fingerprint density at radius 3 is 2.52 bits per heavy atom. The van der Waals surface area contributed by atoms with Crippen molar-refractivity contribution in [3.8, 4) is 0 Å². The summed E-state index contributed by atoms with van der Waals surface area (Å²) >= 11 is 0. The van der Waals surface area contributed by atoms with Crippen LogP contribution in [0.4, 0.5) is 0 Å². The SMILES string of the molecule is O=C(O)C1CCC2CCCCC2N1C(=O)[C@@H]1CCCNC1. The summed E-state index contributed by atoms with van der Waals surface area (Å²) in [6.07, 6.45) is 8.00. The molecule has 2 N–H and O–H groups in total. The molecule has 0 spiro atoms. The largest absolute Gasteiger partial charge is 0.480 e. The number of carbonyl (C=O) groups is 2. The molecule has 118 valence electrons. The maximum atomic E-state index is 12.9. The first-order valence-corrected chi connectivity index (χ1v) is 8.44. The Hall–Kier alpha value is -1.10. The number of carbonyl (C=O) groups excluding carboxylic acids is 1. The summed E-state index contributed by atoms with van der Waals surface area (Å²) in [6, 6.07) is -0.429. The van der Waals surface area contributed by atoms with E-state index in [2.05, 4.69) is 5.32 Å². The van der Waals surface area contributed by atoms with Gasteiger partial charge in [-0.25, -0.2) is 4.79 Å². The summed E-state index contributed by atoms with van der Waals surface area (Å²) in [5, 5.41) is 12.8. The van der Waals surface area contributed by atoms with Crippen molar-refractivity contribution < 1.29 is 14.7 Å². The Balaban J connectivity index is 1.81. The molecule has 0 bridgehead atoms. The summed E-state index contributed by atoms with van der Waals surface area (Å²) < 4.78 is 0. The molecule has 0 aromatic carbocycles. The van der Waals surface area contributed by atoms with E-state index in [4.69, 9.17) is 0 Å². The highest BCUT2D eigenvalue weighted by Gasteiger charge is 2.45. The highest BCUT2D eigenvalue weighted by atomic mass is 16.4. The van der Waals surface area contributed by atoms with Crippen molar-refractivity contribution in [1.82, 2.24) is 10.2 Å². The Kier molecular flexibility index (Phi) is 4.48. The van der Waals surface area contributed by atoms with Gasteiger partial charge in [0.2, 0.25) is 5.91 Å². The third-order valence-corrected chi connectivity index (χ3v) is 5.56. The topological polar surface area (TPSA) is 69.6 Å². The fraction of sp³-hybridized carbons (Fsp3) is 0.875. The van der Waals surface area contributed by atoms with Crippen LogP contribution in [0.3, 0.4) is 0 Å². The lowest BCUT2D eigenvalue weighted by atomic mass is 9.75. The van der Waals surface area contributed by atoms with Crippen LogP contribution < -0.4 is 5.32 Å². The van der Waals surface area contributed by atoms with Gasteiger partial charge < -0.3 is 15.3 Å². The second-order valence-corrected chi connectivity index (χ2v) is 6.83. The standard InChI is InChI=1S/C16H26N2O3/c19-15(12-5-3-9-17-10-12)18-13-6-2-1-4-11(13)7-8-14(18)16(20)21/h11-14,17H,1-10H2,(H,20,21)/t11?,12-,13?,14?/m1/s1. The normalized spacial score (nSPS) is 36.9. The first kappa shape index (κ1) is 14.8. The number of rotatable bonds is 2. The fourth-order valence-corrected chi connectivity index (χ4v) is 4.47. The van der Waals surface area contributed by atoms with E-state index >= 15 is 0 Å². The summed E-state index contributed by atoms with van der Waals surface area (Å²) in [5.41, 5.74) is 0. The Morgan fingerprint density at radius 2 is 1.81 bits per heavy atom. The monoisotopic (exact) mass is 294 g/mol. The van der Waals surface area contributed by atoms with Crippen LogP contribution in [0.25, 0.3) is 0 Å². The zero-order chi connectivity index (χ0) is 14.8. The lowest BCUT2D eigenvalue weighted by Gasteiger charge is -2.48. The number of nitrogens with one attached hydrogen (secondary N) is 1. The summed E-state index contributed by atoms with van der Waals surface area (Å²) in [7, 11) is 0. The van der Waals surface area contributed by atoms with Crippen molar-refractivity contribution in [1.29, 1.82) is 0 Å². The van der Waals surface area contributed by atoms with Crippen LogP contribution in [-0.2, 0) is 9.59 Å². The van der Waals surface area contributed by atoms with Gasteiger partial charge in [-0.2, -0.15) is 0 Å². The molecule has 5 nitrogen and oxygen atoms in total. The number of likely N-dealkylation sites (tertiary alicyclic amines) is 1. The van der Waals surface area contributed by atoms with Crippen molar-refractivity contribution in [2.45, 2.75) is 63.5 Å². The van der Waals surface area contributed by atoms with Crippen molar-refractivity contribution in [2.75, 3.05) is 13.1 Å². The number of carboxylic acid groups (broad SMARTS) is 1. The second-order valence-electron chi connectivity index (χ2n) is 6.83. The van der Waals surface area contributed by atoms with E-state index in [-0.39, 0.29) is 17.9 Å². The van der Waals surface area contributed by atoms with Gasteiger partial charge in [-0.05, 0) is 51.0 Å². The number of fused-ring (bicyclic) bond motifs is 1. The van der Waals surface area contributed by atoms with Crippen LogP contribution in [0.15, 0.2) is 0 Å². The first-order chi connectivity index (χ1) is 10.2. The highest BCUT2D eigenvalue weighted by molar-refractivity contribution is 5.86. The highest BCUT2D eigenvalue weighted by Crippen LogP contribution is 2.39. The van der Waals surface area contributed by atoms with Gasteiger partial charge >= 0.3 is 5.97 Å². The van der Waals surface area contributed by atoms with Gasteiger partial charge in [0, 0.05) is 12.6 Å². The minimum absolute atomic E-state index is 0.0266. The van der Waals surface area contributed by atoms with E-state index in [0.29, 0.717) is 18.9 Å². The molecule has 3 rings (SSSR count). The van der Waals surface area contributed by atoms with Gasteiger partial charge in [0.25, 0.3) is 0 Å². The average Bonchev–Trinajstić information content (AvgIpc) is 2.53. The van der Waals surface area contributed by atoms with Gasteiger partial charge in [0.15, 0.2) is 0 Å². The Morgan fingerprint density at radius 1 is 1.00 bits per heavy atom. The van der Waals surface area contributed by atoms with E-state index in [0.717, 1.165) is 45.1 Å². The smallest absolute Gasteiger partial charge is 0.326 e. The Bertz CT molecular complexity index is 406. The summed E-state index contributed by atoms with van der Waals surface area (Å²) in [6.45, 7) is 1.68.